The molecule has 0 radical (unpaired) electrons. The van der Waals surface area contributed by atoms with Crippen molar-refractivity contribution in [1.29, 1.82) is 0 Å². The average Bonchev–Trinajstić information content (AvgIpc) is 3.09. The Hall–Kier alpha value is -3.08. The number of amides is 1. The highest BCUT2D eigenvalue weighted by molar-refractivity contribution is 5.94. The predicted molar refractivity (Wildman–Crippen MR) is 99.7 cm³/mol. The Labute approximate surface area is 150 Å². The van der Waals surface area contributed by atoms with Gasteiger partial charge < -0.3 is 14.5 Å². The van der Waals surface area contributed by atoms with E-state index in [9.17, 15) is 9.59 Å². The molecule has 1 N–H and O–H groups in total. The Balaban J connectivity index is 1.46. The molecule has 1 aromatic heterocycles. The molecular weight excluding hydrogens is 330 g/mol. The van der Waals surface area contributed by atoms with E-state index in [1.165, 1.54) is 23.6 Å². The van der Waals surface area contributed by atoms with Crippen LogP contribution in [0.3, 0.4) is 0 Å². The van der Waals surface area contributed by atoms with Crippen molar-refractivity contribution in [2.24, 2.45) is 0 Å². The van der Waals surface area contributed by atoms with Crippen molar-refractivity contribution in [1.82, 2.24) is 0 Å². The molecule has 132 valence electrons. The van der Waals surface area contributed by atoms with Gasteiger partial charge in [-0.25, -0.2) is 4.79 Å². The van der Waals surface area contributed by atoms with E-state index in [4.69, 9.17) is 9.15 Å². The van der Waals surface area contributed by atoms with Crippen LogP contribution in [0.1, 0.15) is 24.5 Å². The van der Waals surface area contributed by atoms with E-state index in [1.54, 1.807) is 31.2 Å². The summed E-state index contributed by atoms with van der Waals surface area (Å²) >= 11 is 0. The molecule has 0 fully saturated rings. The molecule has 0 saturated carbocycles. The Morgan fingerprint density at radius 1 is 1.08 bits per heavy atom. The number of aryl methyl sites for hydroxylation is 2. The van der Waals surface area contributed by atoms with Gasteiger partial charge in [-0.3, -0.25) is 4.79 Å². The molecule has 0 bridgehead atoms. The fraction of sp³-hybridized carbons (Fsp3) is 0.238. The van der Waals surface area contributed by atoms with Crippen LogP contribution >= 0.6 is 0 Å². The topological polar surface area (TPSA) is 68.5 Å². The minimum atomic E-state index is -0.684. The lowest BCUT2D eigenvalue weighted by Crippen LogP contribution is -2.30. The van der Waals surface area contributed by atoms with Crippen LogP contribution in [-0.2, 0) is 17.6 Å². The largest absolute Gasteiger partial charge is 0.481 e. The van der Waals surface area contributed by atoms with Gasteiger partial charge in [0.1, 0.15) is 11.3 Å². The van der Waals surface area contributed by atoms with Crippen LogP contribution in [0.4, 0.5) is 5.69 Å². The minimum absolute atomic E-state index is 0.224. The molecule has 0 saturated heterocycles. The fourth-order valence-electron chi connectivity index (χ4n) is 3.27. The number of rotatable bonds is 4. The summed E-state index contributed by atoms with van der Waals surface area (Å²) in [7, 11) is 0. The molecule has 2 aromatic carbocycles. The number of carbonyl (C=O) groups excluding carboxylic acids is 1. The highest BCUT2D eigenvalue weighted by atomic mass is 16.5. The molecule has 1 amide bonds. The first-order chi connectivity index (χ1) is 12.6. The molecule has 4 rings (SSSR count). The summed E-state index contributed by atoms with van der Waals surface area (Å²) in [4.78, 5) is 23.8. The predicted octanol–water partition coefficient (Wildman–Crippen LogP) is 3.69. The van der Waals surface area contributed by atoms with Crippen LogP contribution in [0.25, 0.3) is 11.0 Å². The van der Waals surface area contributed by atoms with E-state index >= 15 is 0 Å². The monoisotopic (exact) mass is 349 g/mol. The highest BCUT2D eigenvalue weighted by Crippen LogP contribution is 2.25. The van der Waals surface area contributed by atoms with Gasteiger partial charge >= 0.3 is 5.63 Å². The van der Waals surface area contributed by atoms with Crippen molar-refractivity contribution in [3.05, 3.63) is 70.1 Å². The van der Waals surface area contributed by atoms with Crippen molar-refractivity contribution < 1.29 is 13.9 Å². The van der Waals surface area contributed by atoms with Crippen molar-refractivity contribution >= 4 is 22.6 Å². The zero-order valence-corrected chi connectivity index (χ0v) is 14.5. The third-order valence-electron chi connectivity index (χ3n) is 4.64. The van der Waals surface area contributed by atoms with Crippen molar-refractivity contribution in [3.63, 3.8) is 0 Å². The van der Waals surface area contributed by atoms with E-state index in [2.05, 4.69) is 11.4 Å². The zero-order valence-electron chi connectivity index (χ0n) is 14.5. The summed E-state index contributed by atoms with van der Waals surface area (Å²) in [5.74, 6) is 0.251. The second-order valence-corrected chi connectivity index (χ2v) is 6.54. The lowest BCUT2D eigenvalue weighted by Gasteiger charge is -2.15. The van der Waals surface area contributed by atoms with Crippen molar-refractivity contribution in [3.8, 4) is 5.75 Å². The normalized spacial score (nSPS) is 14.0. The van der Waals surface area contributed by atoms with E-state index in [1.807, 2.05) is 12.1 Å². The summed E-state index contributed by atoms with van der Waals surface area (Å²) in [6.07, 6.45) is 2.66. The van der Waals surface area contributed by atoms with Gasteiger partial charge in [0.2, 0.25) is 0 Å². The number of fused-ring (bicyclic) bond motifs is 2. The molecule has 5 heteroatoms. The Morgan fingerprint density at radius 2 is 1.88 bits per heavy atom. The van der Waals surface area contributed by atoms with Gasteiger partial charge in [-0.05, 0) is 67.6 Å². The second kappa shape index (κ2) is 6.67. The molecule has 26 heavy (non-hydrogen) atoms. The maximum absolute atomic E-state index is 12.4. The summed E-state index contributed by atoms with van der Waals surface area (Å²) in [5.41, 5.74) is 3.47. The van der Waals surface area contributed by atoms with Crippen LogP contribution in [0.15, 0.2) is 57.7 Å². The average molecular weight is 349 g/mol. The first-order valence-electron chi connectivity index (χ1n) is 8.72. The third-order valence-corrected chi connectivity index (χ3v) is 4.64. The summed E-state index contributed by atoms with van der Waals surface area (Å²) < 4.78 is 10.9. The molecule has 1 aliphatic rings. The SMILES string of the molecule is CC(Oc1ccc2ccc(=O)oc2c1)C(=O)Nc1ccc2c(c1)CCC2. The third kappa shape index (κ3) is 3.33. The number of benzene rings is 2. The molecule has 1 atom stereocenters. The Kier molecular flexibility index (Phi) is 4.21. The van der Waals surface area contributed by atoms with Crippen LogP contribution in [0, 0.1) is 0 Å². The summed E-state index contributed by atoms with van der Waals surface area (Å²) in [6, 6.07) is 14.3. The molecule has 0 spiro atoms. The first-order valence-corrected chi connectivity index (χ1v) is 8.72. The van der Waals surface area contributed by atoms with Gasteiger partial charge in [-0.1, -0.05) is 6.07 Å². The van der Waals surface area contributed by atoms with Gasteiger partial charge in [0.25, 0.3) is 5.91 Å². The number of hydrogen-bond donors (Lipinski definition) is 1. The Morgan fingerprint density at radius 3 is 2.77 bits per heavy atom. The fourth-order valence-corrected chi connectivity index (χ4v) is 3.27. The molecule has 3 aromatic rings. The van der Waals surface area contributed by atoms with Gasteiger partial charge in [-0.15, -0.1) is 0 Å². The standard InChI is InChI=1S/C21H19NO4/c1-13(21(24)22-17-8-5-14-3-2-4-16(14)11-17)25-18-9-6-15-7-10-20(23)26-19(15)12-18/h5-13H,2-4H2,1H3,(H,22,24). The maximum Gasteiger partial charge on any atom is 0.336 e. The van der Waals surface area contributed by atoms with Crippen molar-refractivity contribution in [2.45, 2.75) is 32.3 Å². The van der Waals surface area contributed by atoms with Gasteiger partial charge in [0, 0.05) is 23.2 Å². The van der Waals surface area contributed by atoms with Gasteiger partial charge in [0.05, 0.1) is 0 Å². The zero-order chi connectivity index (χ0) is 18.1. The first kappa shape index (κ1) is 16.4. The summed E-state index contributed by atoms with van der Waals surface area (Å²) in [5, 5.41) is 3.70. The smallest absolute Gasteiger partial charge is 0.336 e. The maximum atomic E-state index is 12.4. The van der Waals surface area contributed by atoms with E-state index in [0.717, 1.165) is 23.9 Å². The van der Waals surface area contributed by atoms with E-state index in [0.29, 0.717) is 11.3 Å². The van der Waals surface area contributed by atoms with Crippen molar-refractivity contribution in [2.75, 3.05) is 5.32 Å². The molecule has 5 nitrogen and oxygen atoms in total. The van der Waals surface area contributed by atoms with Crippen LogP contribution in [0.5, 0.6) is 5.75 Å². The summed E-state index contributed by atoms with van der Waals surface area (Å²) in [6.45, 7) is 1.69. The van der Waals surface area contributed by atoms with E-state index < -0.39 is 11.7 Å². The number of ether oxygens (including phenoxy) is 1. The lowest BCUT2D eigenvalue weighted by atomic mass is 10.1. The molecule has 0 aliphatic heterocycles. The van der Waals surface area contributed by atoms with Crippen LogP contribution < -0.4 is 15.7 Å². The molecule has 1 heterocycles. The molecule has 1 aliphatic carbocycles. The molecule has 1 unspecified atom stereocenters. The number of nitrogens with one attached hydrogen (secondary N) is 1. The number of hydrogen-bond acceptors (Lipinski definition) is 4. The van der Waals surface area contributed by atoms with Gasteiger partial charge in [0.15, 0.2) is 6.10 Å². The van der Waals surface area contributed by atoms with Gasteiger partial charge in [-0.2, -0.15) is 0 Å². The Bertz CT molecular complexity index is 1040. The quantitative estimate of drug-likeness (QED) is 0.730. The highest BCUT2D eigenvalue weighted by Gasteiger charge is 2.17. The number of anilines is 1. The van der Waals surface area contributed by atoms with Crippen LogP contribution in [-0.4, -0.2) is 12.0 Å². The minimum Gasteiger partial charge on any atom is -0.481 e. The molecular formula is C21H19NO4. The lowest BCUT2D eigenvalue weighted by molar-refractivity contribution is -0.122. The van der Waals surface area contributed by atoms with Crippen LogP contribution in [0.2, 0.25) is 0 Å². The van der Waals surface area contributed by atoms with E-state index in [-0.39, 0.29) is 5.91 Å². The second-order valence-electron chi connectivity index (χ2n) is 6.54. The number of carbonyl (C=O) groups is 1.